The van der Waals surface area contributed by atoms with E-state index in [0.717, 1.165) is 21.3 Å². The van der Waals surface area contributed by atoms with E-state index in [1.54, 1.807) is 41.0 Å². The lowest BCUT2D eigenvalue weighted by atomic mass is 9.95. The van der Waals surface area contributed by atoms with E-state index in [2.05, 4.69) is 36.6 Å². The summed E-state index contributed by atoms with van der Waals surface area (Å²) in [7, 11) is 0. The molecule has 4 rings (SSSR count). The van der Waals surface area contributed by atoms with Gasteiger partial charge in [0.15, 0.2) is 11.5 Å². The van der Waals surface area contributed by atoms with Crippen molar-refractivity contribution < 1.29 is 9.59 Å². The number of amides is 2. The van der Waals surface area contributed by atoms with Gasteiger partial charge in [-0.05, 0) is 48.9 Å². The van der Waals surface area contributed by atoms with Crippen molar-refractivity contribution in [3.63, 3.8) is 0 Å². The molecule has 7 nitrogen and oxygen atoms in total. The number of aromatic nitrogens is 3. The first-order valence-corrected chi connectivity index (χ1v) is 11.3. The number of anilines is 2. The molecule has 2 heterocycles. The van der Waals surface area contributed by atoms with Gasteiger partial charge in [-0.2, -0.15) is 0 Å². The van der Waals surface area contributed by atoms with E-state index >= 15 is 0 Å². The molecule has 0 atom stereocenters. The molecule has 4 aromatic rings. The quantitative estimate of drug-likeness (QED) is 0.372. The molecule has 2 amide bonds. The summed E-state index contributed by atoms with van der Waals surface area (Å²) in [6, 6.07) is 16.5. The van der Waals surface area contributed by atoms with E-state index in [9.17, 15) is 9.59 Å². The number of rotatable bonds is 4. The summed E-state index contributed by atoms with van der Waals surface area (Å²) < 4.78 is 2.45. The van der Waals surface area contributed by atoms with Crippen LogP contribution < -0.4 is 10.6 Å². The lowest BCUT2D eigenvalue weighted by Crippen LogP contribution is -2.27. The average molecular weight is 506 g/mol. The maximum absolute atomic E-state index is 12.5. The largest absolute Gasteiger partial charge is 0.325 e. The molecule has 0 aliphatic carbocycles. The van der Waals surface area contributed by atoms with Gasteiger partial charge in [0.1, 0.15) is 0 Å². The van der Waals surface area contributed by atoms with Gasteiger partial charge >= 0.3 is 0 Å². The maximum Gasteiger partial charge on any atom is 0.256 e. The minimum atomic E-state index is -0.494. The minimum absolute atomic E-state index is 0.0507. The molecule has 0 aliphatic rings. The van der Waals surface area contributed by atoms with E-state index < -0.39 is 5.41 Å². The van der Waals surface area contributed by atoms with Gasteiger partial charge in [-0.25, -0.2) is 9.50 Å². The number of fused-ring (bicyclic) bond motifs is 1. The number of hydrogen-bond donors (Lipinski definition) is 2. The van der Waals surface area contributed by atoms with Crippen LogP contribution in [0.25, 0.3) is 16.9 Å². The molecule has 0 saturated carbocycles. The van der Waals surface area contributed by atoms with Crippen molar-refractivity contribution in [1.82, 2.24) is 14.6 Å². The van der Waals surface area contributed by atoms with Crippen LogP contribution in [-0.2, 0) is 4.79 Å². The molecule has 0 radical (unpaired) electrons. The Kier molecular flexibility index (Phi) is 6.03. The number of benzene rings is 2. The number of nitrogens with one attached hydrogen (secondary N) is 2. The third kappa shape index (κ3) is 5.12. The highest BCUT2D eigenvalue weighted by Crippen LogP contribution is 2.27. The summed E-state index contributed by atoms with van der Waals surface area (Å²) in [6.45, 7) is 7.58. The molecule has 0 aliphatic heterocycles. The van der Waals surface area contributed by atoms with Gasteiger partial charge in [0, 0.05) is 26.7 Å². The van der Waals surface area contributed by atoms with Crippen LogP contribution in [0.3, 0.4) is 0 Å². The Morgan fingerprint density at radius 1 is 1.00 bits per heavy atom. The zero-order valence-electron chi connectivity index (χ0n) is 18.8. The Morgan fingerprint density at radius 2 is 1.79 bits per heavy atom. The summed E-state index contributed by atoms with van der Waals surface area (Å²) in [5, 5.41) is 10.3. The fourth-order valence-corrected chi connectivity index (χ4v) is 3.53. The van der Waals surface area contributed by atoms with Crippen LogP contribution in [0.5, 0.6) is 0 Å². The highest BCUT2D eigenvalue weighted by Gasteiger charge is 2.22. The van der Waals surface area contributed by atoms with Crippen LogP contribution in [0.1, 0.15) is 36.7 Å². The van der Waals surface area contributed by atoms with Gasteiger partial charge in [0.2, 0.25) is 5.91 Å². The van der Waals surface area contributed by atoms with Gasteiger partial charge in [-0.15, -0.1) is 5.10 Å². The molecule has 33 heavy (non-hydrogen) atoms. The Labute approximate surface area is 200 Å². The number of hydrogen-bond acceptors (Lipinski definition) is 4. The second-order valence-electron chi connectivity index (χ2n) is 8.85. The van der Waals surface area contributed by atoms with Crippen molar-refractivity contribution in [1.29, 1.82) is 0 Å². The van der Waals surface area contributed by atoms with Crippen molar-refractivity contribution in [3.05, 3.63) is 76.4 Å². The first kappa shape index (κ1) is 22.7. The zero-order chi connectivity index (χ0) is 23.8. The molecule has 2 aromatic heterocycles. The third-order valence-electron chi connectivity index (χ3n) is 5.11. The van der Waals surface area contributed by atoms with Crippen LogP contribution in [0.15, 0.2) is 65.3 Å². The number of aryl methyl sites for hydroxylation is 1. The Morgan fingerprint density at radius 3 is 2.52 bits per heavy atom. The van der Waals surface area contributed by atoms with Crippen molar-refractivity contribution >= 4 is 44.9 Å². The number of imidazole rings is 1. The monoisotopic (exact) mass is 505 g/mol. The third-order valence-corrected chi connectivity index (χ3v) is 5.60. The molecule has 8 heteroatoms. The van der Waals surface area contributed by atoms with E-state index in [4.69, 9.17) is 0 Å². The summed E-state index contributed by atoms with van der Waals surface area (Å²) in [6.07, 6.45) is 1.80. The van der Waals surface area contributed by atoms with Crippen molar-refractivity contribution in [2.24, 2.45) is 5.41 Å². The van der Waals surface area contributed by atoms with E-state index in [1.807, 2.05) is 52.0 Å². The fourth-order valence-electron chi connectivity index (χ4n) is 3.13. The fraction of sp³-hybridized carbons (Fsp3) is 0.200. The molecular weight excluding hydrogens is 482 g/mol. The molecule has 0 saturated heterocycles. The number of carbonyl (C=O) groups is 2. The lowest BCUT2D eigenvalue weighted by Gasteiger charge is -2.19. The molecular formula is C25H24BrN5O2. The Balaban J connectivity index is 1.59. The van der Waals surface area contributed by atoms with Gasteiger partial charge < -0.3 is 10.6 Å². The van der Waals surface area contributed by atoms with Crippen LogP contribution in [0, 0.1) is 12.3 Å². The average Bonchev–Trinajstić information content (AvgIpc) is 3.18. The van der Waals surface area contributed by atoms with E-state index in [0.29, 0.717) is 22.7 Å². The highest BCUT2D eigenvalue weighted by molar-refractivity contribution is 9.10. The number of nitrogens with zero attached hydrogens (tertiary/aromatic N) is 3. The van der Waals surface area contributed by atoms with E-state index in [-0.39, 0.29) is 11.8 Å². The molecule has 0 bridgehead atoms. The second-order valence-corrected chi connectivity index (χ2v) is 9.76. The van der Waals surface area contributed by atoms with Gasteiger partial charge in [0.05, 0.1) is 11.9 Å². The van der Waals surface area contributed by atoms with E-state index in [1.165, 1.54) is 0 Å². The van der Waals surface area contributed by atoms with Gasteiger partial charge in [-0.3, -0.25) is 9.59 Å². The van der Waals surface area contributed by atoms with Crippen molar-refractivity contribution in [2.45, 2.75) is 27.7 Å². The summed E-state index contributed by atoms with van der Waals surface area (Å²) in [5.74, 6) is 0.116. The van der Waals surface area contributed by atoms with Crippen LogP contribution >= 0.6 is 15.9 Å². The lowest BCUT2D eigenvalue weighted by molar-refractivity contribution is -0.123. The molecule has 2 N–H and O–H groups in total. The molecule has 168 valence electrons. The maximum atomic E-state index is 12.5. The molecule has 0 unspecified atom stereocenters. The predicted molar refractivity (Wildman–Crippen MR) is 133 cm³/mol. The van der Waals surface area contributed by atoms with Gasteiger partial charge in [-0.1, -0.05) is 54.9 Å². The topological polar surface area (TPSA) is 88.4 Å². The molecule has 2 aromatic carbocycles. The Hall–Kier alpha value is -3.52. The van der Waals surface area contributed by atoms with Gasteiger partial charge in [0.25, 0.3) is 5.91 Å². The summed E-state index contributed by atoms with van der Waals surface area (Å²) in [5.41, 5.74) is 3.97. The summed E-state index contributed by atoms with van der Waals surface area (Å²) in [4.78, 5) is 29.6. The zero-order valence-corrected chi connectivity index (χ0v) is 20.4. The Bertz CT molecular complexity index is 1370. The molecule has 0 fully saturated rings. The summed E-state index contributed by atoms with van der Waals surface area (Å²) >= 11 is 3.37. The van der Waals surface area contributed by atoms with Crippen LogP contribution in [-0.4, -0.2) is 26.4 Å². The SMILES string of the molecule is Cc1ccc(-c2cn3nc(NC(=O)c4cccc(Br)c4)ccc3n2)cc1NC(=O)C(C)(C)C. The predicted octanol–water partition coefficient (Wildman–Crippen LogP) is 5.70. The number of carbonyl (C=O) groups excluding carboxylic acids is 2. The second kappa shape index (κ2) is 8.78. The minimum Gasteiger partial charge on any atom is -0.325 e. The number of halogens is 1. The normalized spacial score (nSPS) is 11.4. The highest BCUT2D eigenvalue weighted by atomic mass is 79.9. The van der Waals surface area contributed by atoms with Crippen molar-refractivity contribution in [2.75, 3.05) is 10.6 Å². The van der Waals surface area contributed by atoms with Crippen LogP contribution in [0.4, 0.5) is 11.5 Å². The smallest absolute Gasteiger partial charge is 0.256 e. The molecule has 0 spiro atoms. The van der Waals surface area contributed by atoms with Crippen molar-refractivity contribution in [3.8, 4) is 11.3 Å². The van der Waals surface area contributed by atoms with Crippen LogP contribution in [0.2, 0.25) is 0 Å². The first-order chi connectivity index (χ1) is 15.6. The standard InChI is InChI=1S/C25H24BrN5O2/c1-15-8-9-16(13-19(15)28-24(33)25(2,3)4)20-14-31-22(27-20)11-10-21(30-31)29-23(32)17-6-5-7-18(26)12-17/h5-14H,1-4H3,(H,28,33)(H,29,30,32). The first-order valence-electron chi connectivity index (χ1n) is 10.5.